The first-order valence-corrected chi connectivity index (χ1v) is 18.3. The van der Waals surface area contributed by atoms with Gasteiger partial charge in [0.05, 0.1) is 6.42 Å². The summed E-state index contributed by atoms with van der Waals surface area (Å²) >= 11 is 0. The van der Waals surface area contributed by atoms with E-state index in [-0.39, 0.29) is 0 Å². The fraction of sp³-hybridized carbons (Fsp3) is 0.0500. The van der Waals surface area contributed by atoms with E-state index in [1.54, 1.807) is 0 Å². The number of aliphatic hydroxyl groups excluding tert-OH is 1. The van der Waals surface area contributed by atoms with Crippen LogP contribution in [-0.2, 0) is 18.0 Å². The standard InChI is InChI=1S/C40H34O5S2/c41-38(40(43)45-47(35-25-13-4-14-26-35,36-27-15-5-16-28-36)37-29-17-6-18-30-37)31-39(42)44-46(32-19-7-1-8-20-32,33-21-9-2-10-22-33)34-23-11-3-12-24-34/h1-30,38,41H,31H2. The van der Waals surface area contributed by atoms with Gasteiger partial charge in [0.25, 0.3) is 0 Å². The monoisotopic (exact) mass is 658 g/mol. The largest absolute Gasteiger partial charge is 0.402 e. The summed E-state index contributed by atoms with van der Waals surface area (Å²) in [5, 5.41) is 11.3. The summed E-state index contributed by atoms with van der Waals surface area (Å²) < 4.78 is 12.9. The van der Waals surface area contributed by atoms with Crippen LogP contribution in [0.3, 0.4) is 0 Å². The normalized spacial score (nSPS) is 12.8. The predicted octanol–water partition coefficient (Wildman–Crippen LogP) is 9.62. The van der Waals surface area contributed by atoms with Gasteiger partial charge < -0.3 is 13.5 Å². The molecule has 0 saturated carbocycles. The second kappa shape index (κ2) is 14.6. The number of benzene rings is 6. The fourth-order valence-electron chi connectivity index (χ4n) is 5.37. The lowest BCUT2D eigenvalue weighted by atomic mass is 10.3. The lowest BCUT2D eigenvalue weighted by Gasteiger charge is -2.41. The van der Waals surface area contributed by atoms with Crippen LogP contribution in [0, 0.1) is 0 Å². The van der Waals surface area contributed by atoms with Crippen LogP contribution >= 0.6 is 20.6 Å². The van der Waals surface area contributed by atoms with Crippen molar-refractivity contribution in [1.82, 2.24) is 0 Å². The molecule has 6 rings (SSSR count). The Hall–Kier alpha value is -5.08. The molecule has 6 aromatic rings. The van der Waals surface area contributed by atoms with Crippen LogP contribution in [-0.4, -0.2) is 23.1 Å². The molecule has 0 spiro atoms. The fourth-order valence-corrected chi connectivity index (χ4v) is 11.5. The molecule has 0 heterocycles. The molecule has 5 nitrogen and oxygen atoms in total. The topological polar surface area (TPSA) is 72.8 Å². The van der Waals surface area contributed by atoms with E-state index >= 15 is 0 Å². The van der Waals surface area contributed by atoms with Crippen molar-refractivity contribution in [3.63, 3.8) is 0 Å². The summed E-state index contributed by atoms with van der Waals surface area (Å²) in [6, 6.07) is 57.3. The Bertz CT molecular complexity index is 1700. The molecule has 0 aromatic heterocycles. The lowest BCUT2D eigenvalue weighted by molar-refractivity contribution is -0.148. The van der Waals surface area contributed by atoms with Gasteiger partial charge in [-0.25, -0.2) is 4.79 Å². The summed E-state index contributed by atoms with van der Waals surface area (Å²) in [6.07, 6.45) is -2.36. The van der Waals surface area contributed by atoms with Crippen molar-refractivity contribution in [3.05, 3.63) is 182 Å². The van der Waals surface area contributed by atoms with Crippen molar-refractivity contribution >= 4 is 32.6 Å². The number of carbonyl (C=O) groups excluding carboxylic acids is 2. The van der Waals surface area contributed by atoms with E-state index in [0.717, 1.165) is 29.4 Å². The number of aliphatic hydroxyl groups is 1. The van der Waals surface area contributed by atoms with Crippen molar-refractivity contribution < 1.29 is 23.1 Å². The molecule has 0 saturated heterocycles. The van der Waals surface area contributed by atoms with Crippen LogP contribution in [0.1, 0.15) is 6.42 Å². The van der Waals surface area contributed by atoms with Crippen LogP contribution in [0.5, 0.6) is 0 Å². The van der Waals surface area contributed by atoms with E-state index in [4.69, 9.17) is 8.37 Å². The Morgan fingerprint density at radius 2 is 0.660 bits per heavy atom. The molecule has 1 N–H and O–H groups in total. The average Bonchev–Trinajstić information content (AvgIpc) is 3.15. The molecule has 0 fully saturated rings. The quantitative estimate of drug-likeness (QED) is 0.150. The SMILES string of the molecule is O=C(CC(O)C(=O)OS(c1ccccc1)(c1ccccc1)c1ccccc1)OS(c1ccccc1)(c1ccccc1)c1ccccc1. The minimum atomic E-state index is -2.63. The van der Waals surface area contributed by atoms with Gasteiger partial charge in [0.2, 0.25) is 0 Å². The van der Waals surface area contributed by atoms with E-state index in [9.17, 15) is 14.7 Å². The van der Waals surface area contributed by atoms with Gasteiger partial charge >= 0.3 is 11.9 Å². The van der Waals surface area contributed by atoms with Crippen molar-refractivity contribution in [2.24, 2.45) is 0 Å². The molecule has 7 heteroatoms. The number of hydrogen-bond donors (Lipinski definition) is 1. The molecule has 0 amide bonds. The number of hydrogen-bond acceptors (Lipinski definition) is 5. The van der Waals surface area contributed by atoms with Gasteiger partial charge in [-0.3, -0.25) is 4.79 Å². The molecule has 0 aliphatic rings. The van der Waals surface area contributed by atoms with Crippen LogP contribution in [0.4, 0.5) is 0 Å². The second-order valence-electron chi connectivity index (χ2n) is 10.6. The summed E-state index contributed by atoms with van der Waals surface area (Å²) in [6.45, 7) is 0. The highest BCUT2D eigenvalue weighted by Gasteiger charge is 2.40. The molecule has 0 aliphatic heterocycles. The third-order valence-corrected chi connectivity index (χ3v) is 14.0. The maximum atomic E-state index is 13.9. The van der Waals surface area contributed by atoms with Crippen LogP contribution in [0.2, 0.25) is 0 Å². The molecule has 6 aromatic carbocycles. The highest BCUT2D eigenvalue weighted by molar-refractivity contribution is 8.30. The molecule has 0 bridgehead atoms. The Kier molecular flexibility index (Phi) is 9.88. The molecule has 0 aliphatic carbocycles. The van der Waals surface area contributed by atoms with Crippen molar-refractivity contribution in [2.75, 3.05) is 0 Å². The predicted molar refractivity (Wildman–Crippen MR) is 186 cm³/mol. The summed E-state index contributed by atoms with van der Waals surface area (Å²) in [4.78, 5) is 32.6. The van der Waals surface area contributed by atoms with E-state index < -0.39 is 45.1 Å². The van der Waals surface area contributed by atoms with E-state index in [1.165, 1.54) is 0 Å². The maximum Gasteiger partial charge on any atom is 0.346 e. The van der Waals surface area contributed by atoms with E-state index in [2.05, 4.69) is 0 Å². The molecule has 0 radical (unpaired) electrons. The Morgan fingerprint density at radius 3 is 0.915 bits per heavy atom. The zero-order valence-electron chi connectivity index (χ0n) is 25.5. The number of rotatable bonds is 11. The molecule has 1 unspecified atom stereocenters. The number of carbonyl (C=O) groups is 2. The zero-order valence-corrected chi connectivity index (χ0v) is 27.1. The van der Waals surface area contributed by atoms with Crippen molar-refractivity contribution in [2.45, 2.75) is 41.9 Å². The van der Waals surface area contributed by atoms with Crippen LogP contribution < -0.4 is 0 Å². The van der Waals surface area contributed by atoms with Crippen molar-refractivity contribution in [3.8, 4) is 0 Å². The van der Waals surface area contributed by atoms with E-state index in [0.29, 0.717) is 0 Å². The third kappa shape index (κ3) is 6.60. The van der Waals surface area contributed by atoms with Gasteiger partial charge in [0.1, 0.15) is 0 Å². The third-order valence-electron chi connectivity index (χ3n) is 7.51. The van der Waals surface area contributed by atoms with Gasteiger partial charge in [-0.05, 0) is 93.4 Å². The highest BCUT2D eigenvalue weighted by atomic mass is 32.3. The smallest absolute Gasteiger partial charge is 0.346 e. The zero-order chi connectivity index (χ0) is 32.5. The molecule has 236 valence electrons. The van der Waals surface area contributed by atoms with Gasteiger partial charge in [-0.1, -0.05) is 109 Å². The Labute approximate surface area is 278 Å². The lowest BCUT2D eigenvalue weighted by Crippen LogP contribution is -2.29. The first-order valence-electron chi connectivity index (χ1n) is 15.1. The summed E-state index contributed by atoms with van der Waals surface area (Å²) in [5.74, 6) is -1.63. The van der Waals surface area contributed by atoms with Crippen molar-refractivity contribution in [1.29, 1.82) is 0 Å². The summed E-state index contributed by atoms with van der Waals surface area (Å²) in [7, 11) is -5.21. The maximum absolute atomic E-state index is 13.9. The Balaban J connectivity index is 1.35. The van der Waals surface area contributed by atoms with Gasteiger partial charge in [0, 0.05) is 29.4 Å². The average molecular weight is 659 g/mol. The molecule has 47 heavy (non-hydrogen) atoms. The van der Waals surface area contributed by atoms with Gasteiger partial charge in [-0.2, -0.15) is 0 Å². The van der Waals surface area contributed by atoms with Crippen LogP contribution in [0.25, 0.3) is 0 Å². The first kappa shape index (κ1) is 31.9. The molecular formula is C40H34O5S2. The van der Waals surface area contributed by atoms with E-state index in [1.807, 2.05) is 182 Å². The second-order valence-corrected chi connectivity index (χ2v) is 16.0. The minimum absolute atomic E-state index is 0.589. The highest BCUT2D eigenvalue weighted by Crippen LogP contribution is 2.70. The molecule has 1 atom stereocenters. The summed E-state index contributed by atoms with van der Waals surface area (Å²) in [5.41, 5.74) is 0. The van der Waals surface area contributed by atoms with Gasteiger partial charge in [0.15, 0.2) is 6.10 Å². The van der Waals surface area contributed by atoms with Crippen LogP contribution in [0.15, 0.2) is 211 Å². The first-order chi connectivity index (χ1) is 23.0. The minimum Gasteiger partial charge on any atom is -0.402 e. The Morgan fingerprint density at radius 1 is 0.426 bits per heavy atom. The molecular weight excluding hydrogens is 625 g/mol. The van der Waals surface area contributed by atoms with Gasteiger partial charge in [-0.15, -0.1) is 0 Å².